The summed E-state index contributed by atoms with van der Waals surface area (Å²) in [5.74, 6) is -0.263. The molecule has 0 bridgehead atoms. The standard InChI is InChI=1S/C11H15NO2.CH3NO/c1-3-10(4-2)14-11(13)9-5-7-12-8-6-9;2-1-3/h5-8,10H,3-4H2,1-2H3;1H,(H2,2,3). The van der Waals surface area contributed by atoms with Gasteiger partial charge in [-0.15, -0.1) is 0 Å². The van der Waals surface area contributed by atoms with E-state index in [0.717, 1.165) is 12.8 Å². The largest absolute Gasteiger partial charge is 0.459 e. The van der Waals surface area contributed by atoms with Gasteiger partial charge in [0.15, 0.2) is 0 Å². The molecule has 5 heteroatoms. The Kier molecular flexibility index (Phi) is 8.28. The zero-order valence-corrected chi connectivity index (χ0v) is 10.1. The van der Waals surface area contributed by atoms with Crippen LogP contribution in [0.1, 0.15) is 37.0 Å². The third-order valence-electron chi connectivity index (χ3n) is 2.10. The van der Waals surface area contributed by atoms with Crippen LogP contribution in [-0.4, -0.2) is 23.5 Å². The predicted molar refractivity (Wildman–Crippen MR) is 64.3 cm³/mol. The average Bonchev–Trinajstić information content (AvgIpc) is 2.37. The lowest BCUT2D eigenvalue weighted by Crippen LogP contribution is -2.16. The molecule has 17 heavy (non-hydrogen) atoms. The van der Waals surface area contributed by atoms with E-state index in [0.29, 0.717) is 5.56 Å². The van der Waals surface area contributed by atoms with Crippen LogP contribution in [0.25, 0.3) is 0 Å². The van der Waals surface area contributed by atoms with Gasteiger partial charge in [-0.05, 0) is 25.0 Å². The SMILES string of the molecule is CCC(CC)OC(=O)c1ccncc1.NC=O. The number of hydrogen-bond donors (Lipinski definition) is 1. The monoisotopic (exact) mass is 238 g/mol. The van der Waals surface area contributed by atoms with Crippen molar-refractivity contribution in [3.05, 3.63) is 30.1 Å². The summed E-state index contributed by atoms with van der Waals surface area (Å²) in [5.41, 5.74) is 4.73. The second-order valence-electron chi connectivity index (χ2n) is 3.22. The van der Waals surface area contributed by atoms with Crippen molar-refractivity contribution in [2.45, 2.75) is 32.8 Å². The Balaban J connectivity index is 0.000000770. The number of esters is 1. The molecule has 0 saturated heterocycles. The number of nitrogens with zero attached hydrogens (tertiary/aromatic N) is 1. The molecule has 1 aromatic rings. The van der Waals surface area contributed by atoms with Crippen LogP contribution in [0.2, 0.25) is 0 Å². The van der Waals surface area contributed by atoms with Crippen LogP contribution in [0, 0.1) is 0 Å². The number of carbonyl (C=O) groups excluding carboxylic acids is 2. The summed E-state index contributed by atoms with van der Waals surface area (Å²) in [4.78, 5) is 23.9. The molecule has 0 aromatic carbocycles. The molecule has 0 aliphatic heterocycles. The Morgan fingerprint density at radius 2 is 1.88 bits per heavy atom. The van der Waals surface area contributed by atoms with Crippen LogP contribution in [0.3, 0.4) is 0 Å². The minimum absolute atomic E-state index is 0.0238. The third-order valence-corrected chi connectivity index (χ3v) is 2.10. The zero-order valence-electron chi connectivity index (χ0n) is 10.1. The molecule has 94 valence electrons. The molecular weight excluding hydrogens is 220 g/mol. The van der Waals surface area contributed by atoms with E-state index < -0.39 is 0 Å². The van der Waals surface area contributed by atoms with Gasteiger partial charge in [0.2, 0.25) is 6.41 Å². The first-order valence-corrected chi connectivity index (χ1v) is 5.45. The van der Waals surface area contributed by atoms with Crippen LogP contribution in [0.4, 0.5) is 0 Å². The molecule has 0 fully saturated rings. The fourth-order valence-corrected chi connectivity index (χ4v) is 1.16. The highest BCUT2D eigenvalue weighted by Crippen LogP contribution is 2.07. The quantitative estimate of drug-likeness (QED) is 0.637. The Hall–Kier alpha value is -1.91. The van der Waals surface area contributed by atoms with Crippen molar-refractivity contribution in [2.24, 2.45) is 5.73 Å². The van der Waals surface area contributed by atoms with Gasteiger partial charge < -0.3 is 10.5 Å². The lowest BCUT2D eigenvalue weighted by molar-refractivity contribution is -0.106. The van der Waals surface area contributed by atoms with Crippen molar-refractivity contribution < 1.29 is 14.3 Å². The van der Waals surface area contributed by atoms with E-state index in [-0.39, 0.29) is 18.5 Å². The van der Waals surface area contributed by atoms with Crippen LogP contribution >= 0.6 is 0 Å². The van der Waals surface area contributed by atoms with E-state index in [4.69, 9.17) is 9.53 Å². The fraction of sp³-hybridized carbons (Fsp3) is 0.417. The number of amides is 1. The third kappa shape index (κ3) is 6.29. The molecule has 0 saturated carbocycles. The molecule has 1 amide bonds. The zero-order chi connectivity index (χ0) is 13.1. The summed E-state index contributed by atoms with van der Waals surface area (Å²) in [7, 11) is 0. The molecule has 1 aromatic heterocycles. The summed E-state index contributed by atoms with van der Waals surface area (Å²) >= 11 is 0. The maximum Gasteiger partial charge on any atom is 0.338 e. The van der Waals surface area contributed by atoms with Gasteiger partial charge in [-0.25, -0.2) is 4.79 Å². The van der Waals surface area contributed by atoms with E-state index in [1.807, 2.05) is 13.8 Å². The second kappa shape index (κ2) is 9.33. The molecule has 1 heterocycles. The number of rotatable bonds is 4. The predicted octanol–water partition coefficient (Wildman–Crippen LogP) is 1.53. The highest BCUT2D eigenvalue weighted by atomic mass is 16.5. The van der Waals surface area contributed by atoms with Crippen molar-refractivity contribution in [1.82, 2.24) is 4.98 Å². The lowest BCUT2D eigenvalue weighted by Gasteiger charge is -2.13. The first kappa shape index (κ1) is 15.1. The summed E-state index contributed by atoms with van der Waals surface area (Å²) in [5, 5.41) is 0. The van der Waals surface area contributed by atoms with Gasteiger partial charge in [-0.1, -0.05) is 13.8 Å². The smallest absolute Gasteiger partial charge is 0.338 e. The Morgan fingerprint density at radius 3 is 2.29 bits per heavy atom. The summed E-state index contributed by atoms with van der Waals surface area (Å²) in [6.07, 6.45) is 5.16. The topological polar surface area (TPSA) is 82.3 Å². The molecule has 2 N–H and O–H groups in total. The number of primary amides is 1. The Bertz CT molecular complexity index is 324. The molecule has 0 spiro atoms. The molecule has 5 nitrogen and oxygen atoms in total. The highest BCUT2D eigenvalue weighted by molar-refractivity contribution is 5.89. The maximum absolute atomic E-state index is 11.5. The van der Waals surface area contributed by atoms with Crippen molar-refractivity contribution in [3.8, 4) is 0 Å². The number of pyridine rings is 1. The van der Waals surface area contributed by atoms with E-state index in [1.54, 1.807) is 24.5 Å². The van der Waals surface area contributed by atoms with Gasteiger partial charge in [0.1, 0.15) is 6.10 Å². The molecule has 0 aliphatic rings. The van der Waals surface area contributed by atoms with Gasteiger partial charge in [0.25, 0.3) is 0 Å². The van der Waals surface area contributed by atoms with Crippen LogP contribution in [0.15, 0.2) is 24.5 Å². The lowest BCUT2D eigenvalue weighted by atomic mass is 10.2. The molecule has 0 radical (unpaired) electrons. The normalized spacial score (nSPS) is 9.12. The molecule has 0 aliphatic carbocycles. The van der Waals surface area contributed by atoms with E-state index >= 15 is 0 Å². The van der Waals surface area contributed by atoms with Crippen molar-refractivity contribution in [2.75, 3.05) is 0 Å². The summed E-state index contributed by atoms with van der Waals surface area (Å²) in [6, 6.07) is 3.31. The van der Waals surface area contributed by atoms with E-state index in [2.05, 4.69) is 10.7 Å². The van der Waals surface area contributed by atoms with Gasteiger partial charge in [0, 0.05) is 12.4 Å². The number of nitrogens with two attached hydrogens (primary N) is 1. The van der Waals surface area contributed by atoms with Crippen LogP contribution in [-0.2, 0) is 9.53 Å². The number of aromatic nitrogens is 1. The van der Waals surface area contributed by atoms with Gasteiger partial charge in [0.05, 0.1) is 5.56 Å². The molecular formula is C12H18N2O3. The average molecular weight is 238 g/mol. The fourth-order valence-electron chi connectivity index (χ4n) is 1.16. The molecule has 1 rings (SSSR count). The Labute approximate surface area is 101 Å². The Morgan fingerprint density at radius 1 is 1.41 bits per heavy atom. The number of ether oxygens (including phenoxy) is 1. The minimum atomic E-state index is -0.263. The van der Waals surface area contributed by atoms with Crippen molar-refractivity contribution >= 4 is 12.4 Å². The van der Waals surface area contributed by atoms with Gasteiger partial charge in [-0.2, -0.15) is 0 Å². The van der Waals surface area contributed by atoms with Gasteiger partial charge >= 0.3 is 5.97 Å². The summed E-state index contributed by atoms with van der Waals surface area (Å²) in [6.45, 7) is 4.02. The number of hydrogen-bond acceptors (Lipinski definition) is 4. The van der Waals surface area contributed by atoms with Gasteiger partial charge in [-0.3, -0.25) is 9.78 Å². The van der Waals surface area contributed by atoms with E-state index in [9.17, 15) is 4.79 Å². The molecule has 0 atom stereocenters. The van der Waals surface area contributed by atoms with E-state index in [1.165, 1.54) is 0 Å². The number of carbonyl (C=O) groups is 2. The minimum Gasteiger partial charge on any atom is -0.459 e. The first-order valence-electron chi connectivity index (χ1n) is 5.45. The van der Waals surface area contributed by atoms with Crippen molar-refractivity contribution in [1.29, 1.82) is 0 Å². The first-order chi connectivity index (χ1) is 8.19. The van der Waals surface area contributed by atoms with Crippen LogP contribution in [0.5, 0.6) is 0 Å². The second-order valence-corrected chi connectivity index (χ2v) is 3.22. The van der Waals surface area contributed by atoms with Crippen molar-refractivity contribution in [3.63, 3.8) is 0 Å². The van der Waals surface area contributed by atoms with Crippen LogP contribution < -0.4 is 5.73 Å². The molecule has 0 unspecified atom stereocenters. The maximum atomic E-state index is 11.5. The summed E-state index contributed by atoms with van der Waals surface area (Å²) < 4.78 is 5.27. The highest BCUT2D eigenvalue weighted by Gasteiger charge is 2.11.